The van der Waals surface area contributed by atoms with Crippen LogP contribution in [0.4, 0.5) is 0 Å². The van der Waals surface area contributed by atoms with Crippen LogP contribution in [0.1, 0.15) is 15.9 Å². The van der Waals surface area contributed by atoms with E-state index in [4.69, 9.17) is 21.1 Å². The van der Waals surface area contributed by atoms with Gasteiger partial charge in [0, 0.05) is 36.4 Å². The summed E-state index contributed by atoms with van der Waals surface area (Å²) in [5.41, 5.74) is 1.21. The first kappa shape index (κ1) is 18.6. The van der Waals surface area contributed by atoms with Gasteiger partial charge in [-0.25, -0.2) is 19.7 Å². The zero-order chi connectivity index (χ0) is 20.1. The maximum Gasteiger partial charge on any atom is 0.338 e. The fraction of sp³-hybridized carbons (Fsp3) is 0.0476. The molecular weight excluding hydrogens is 392 g/mol. The summed E-state index contributed by atoms with van der Waals surface area (Å²) < 4.78 is 12.7. The van der Waals surface area contributed by atoms with Crippen LogP contribution in [0.15, 0.2) is 79.6 Å². The lowest BCUT2D eigenvalue weighted by molar-refractivity contribution is 0.0472. The molecule has 8 heteroatoms. The zero-order valence-corrected chi connectivity index (χ0v) is 15.9. The monoisotopic (exact) mass is 406 g/mol. The van der Waals surface area contributed by atoms with Gasteiger partial charge in [0.2, 0.25) is 5.88 Å². The summed E-state index contributed by atoms with van der Waals surface area (Å²) >= 11 is 5.80. The molecule has 29 heavy (non-hydrogen) atoms. The summed E-state index contributed by atoms with van der Waals surface area (Å²) in [5.74, 6) is 1.27. The minimum atomic E-state index is -0.431. The third-order valence-electron chi connectivity index (χ3n) is 3.96. The van der Waals surface area contributed by atoms with Gasteiger partial charge >= 0.3 is 5.97 Å². The number of aromatic nitrogens is 4. The lowest BCUT2D eigenvalue weighted by Crippen LogP contribution is -2.05. The Morgan fingerprint density at radius 1 is 1.00 bits per heavy atom. The highest BCUT2D eigenvalue weighted by molar-refractivity contribution is 6.30. The topological polar surface area (TPSA) is 79.1 Å². The van der Waals surface area contributed by atoms with Crippen molar-refractivity contribution in [2.75, 3.05) is 0 Å². The Kier molecular flexibility index (Phi) is 5.49. The van der Waals surface area contributed by atoms with Gasteiger partial charge < -0.3 is 9.47 Å². The van der Waals surface area contributed by atoms with Crippen LogP contribution >= 0.6 is 11.6 Å². The van der Waals surface area contributed by atoms with Crippen molar-refractivity contribution in [2.45, 2.75) is 6.61 Å². The van der Waals surface area contributed by atoms with E-state index in [1.165, 1.54) is 6.20 Å². The molecule has 0 spiro atoms. The number of imidazole rings is 1. The maximum atomic E-state index is 12.3. The molecular formula is C21H15ClN4O3. The second-order valence-corrected chi connectivity index (χ2v) is 6.45. The van der Waals surface area contributed by atoms with Crippen molar-refractivity contribution in [1.29, 1.82) is 0 Å². The van der Waals surface area contributed by atoms with Crippen LogP contribution in [0.2, 0.25) is 5.02 Å². The Bertz CT molecular complexity index is 1080. The van der Waals surface area contributed by atoms with Crippen LogP contribution in [0.5, 0.6) is 11.6 Å². The van der Waals surface area contributed by atoms with Gasteiger partial charge in [-0.2, -0.15) is 0 Å². The van der Waals surface area contributed by atoms with E-state index in [1.54, 1.807) is 65.9 Å². The molecule has 0 aliphatic carbocycles. The fourth-order valence-corrected chi connectivity index (χ4v) is 2.60. The van der Waals surface area contributed by atoms with Crippen LogP contribution < -0.4 is 4.74 Å². The maximum absolute atomic E-state index is 12.3. The average Bonchev–Trinajstić information content (AvgIpc) is 3.29. The highest BCUT2D eigenvalue weighted by Gasteiger charge is 2.09. The molecule has 4 aromatic rings. The van der Waals surface area contributed by atoms with E-state index in [1.807, 2.05) is 12.1 Å². The molecule has 1 aromatic carbocycles. The number of nitrogens with zero attached hydrogens (tertiary/aromatic N) is 4. The molecule has 7 nitrogen and oxygen atoms in total. The molecule has 0 saturated carbocycles. The molecule has 0 aliphatic rings. The number of hydrogen-bond donors (Lipinski definition) is 0. The molecule has 0 amide bonds. The van der Waals surface area contributed by atoms with Crippen molar-refractivity contribution < 1.29 is 14.3 Å². The number of rotatable bonds is 6. The summed E-state index contributed by atoms with van der Waals surface area (Å²) in [6, 6.07) is 13.7. The SMILES string of the molecule is O=C(OCc1ccc(-n2ccnc2)nc1)c1ccc(Oc2ccc(Cl)cn2)cc1. The van der Waals surface area contributed by atoms with E-state index in [-0.39, 0.29) is 6.61 Å². The second-order valence-electron chi connectivity index (χ2n) is 6.01. The Balaban J connectivity index is 1.33. The van der Waals surface area contributed by atoms with Gasteiger partial charge in [-0.3, -0.25) is 4.57 Å². The molecule has 4 rings (SSSR count). The molecule has 0 radical (unpaired) electrons. The summed E-state index contributed by atoms with van der Waals surface area (Å²) in [4.78, 5) is 24.6. The molecule has 0 aliphatic heterocycles. The first-order valence-corrected chi connectivity index (χ1v) is 9.05. The molecule has 0 fully saturated rings. The summed E-state index contributed by atoms with van der Waals surface area (Å²) in [6.45, 7) is 0.128. The molecule has 0 N–H and O–H groups in total. The predicted octanol–water partition coefficient (Wildman–Crippen LogP) is 4.47. The highest BCUT2D eigenvalue weighted by Crippen LogP contribution is 2.21. The number of benzene rings is 1. The van der Waals surface area contributed by atoms with Crippen LogP contribution in [0.25, 0.3) is 5.82 Å². The van der Waals surface area contributed by atoms with Gasteiger partial charge in [0.05, 0.1) is 10.6 Å². The van der Waals surface area contributed by atoms with Gasteiger partial charge in [0.1, 0.15) is 24.5 Å². The number of halogens is 1. The predicted molar refractivity (Wildman–Crippen MR) is 106 cm³/mol. The van der Waals surface area contributed by atoms with Gasteiger partial charge in [0.15, 0.2) is 0 Å². The lowest BCUT2D eigenvalue weighted by Gasteiger charge is -2.07. The average molecular weight is 407 g/mol. The number of esters is 1. The van der Waals surface area contributed by atoms with Crippen molar-refractivity contribution in [3.05, 3.63) is 95.8 Å². The van der Waals surface area contributed by atoms with Crippen LogP contribution in [0.3, 0.4) is 0 Å². The fourth-order valence-electron chi connectivity index (χ4n) is 2.48. The highest BCUT2D eigenvalue weighted by atomic mass is 35.5. The summed E-state index contributed by atoms with van der Waals surface area (Å²) in [5, 5.41) is 0.530. The van der Waals surface area contributed by atoms with E-state index in [0.29, 0.717) is 22.2 Å². The minimum Gasteiger partial charge on any atom is -0.457 e. The van der Waals surface area contributed by atoms with Crippen molar-refractivity contribution in [2.24, 2.45) is 0 Å². The Hall–Kier alpha value is -3.71. The molecule has 0 unspecified atom stereocenters. The van der Waals surface area contributed by atoms with Crippen LogP contribution in [0, 0.1) is 0 Å². The van der Waals surface area contributed by atoms with E-state index >= 15 is 0 Å². The third-order valence-corrected chi connectivity index (χ3v) is 4.18. The number of carbonyl (C=O) groups is 1. The van der Waals surface area contributed by atoms with E-state index in [9.17, 15) is 4.79 Å². The van der Waals surface area contributed by atoms with Crippen LogP contribution in [-0.4, -0.2) is 25.5 Å². The normalized spacial score (nSPS) is 10.5. The largest absolute Gasteiger partial charge is 0.457 e. The number of pyridine rings is 2. The van der Waals surface area contributed by atoms with Gasteiger partial charge in [-0.15, -0.1) is 0 Å². The number of ether oxygens (including phenoxy) is 2. The first-order chi connectivity index (χ1) is 14.2. The molecule has 0 saturated heterocycles. The van der Waals surface area contributed by atoms with E-state index in [0.717, 1.165) is 11.4 Å². The molecule has 3 heterocycles. The van der Waals surface area contributed by atoms with Gasteiger partial charge in [0.25, 0.3) is 0 Å². The Morgan fingerprint density at radius 2 is 1.86 bits per heavy atom. The standard InChI is InChI=1S/C21H15ClN4O3/c22-17-4-8-20(25-12-17)29-18-5-2-16(3-6-18)21(27)28-13-15-1-7-19(24-11-15)26-10-9-23-14-26/h1-12,14H,13H2. The van der Waals surface area contributed by atoms with E-state index in [2.05, 4.69) is 15.0 Å². The zero-order valence-electron chi connectivity index (χ0n) is 15.1. The minimum absolute atomic E-state index is 0.128. The molecule has 144 valence electrons. The van der Waals surface area contributed by atoms with Crippen molar-refractivity contribution >= 4 is 17.6 Å². The Labute approximate surface area is 171 Å². The summed E-state index contributed by atoms with van der Waals surface area (Å²) in [6.07, 6.45) is 8.31. The van der Waals surface area contributed by atoms with Gasteiger partial charge in [-0.1, -0.05) is 17.7 Å². The molecule has 0 bridgehead atoms. The van der Waals surface area contributed by atoms with Gasteiger partial charge in [-0.05, 0) is 36.4 Å². The van der Waals surface area contributed by atoms with Crippen molar-refractivity contribution in [3.63, 3.8) is 0 Å². The smallest absolute Gasteiger partial charge is 0.338 e. The van der Waals surface area contributed by atoms with E-state index < -0.39 is 5.97 Å². The van der Waals surface area contributed by atoms with Crippen molar-refractivity contribution in [3.8, 4) is 17.4 Å². The molecule has 3 aromatic heterocycles. The third kappa shape index (κ3) is 4.77. The summed E-state index contributed by atoms with van der Waals surface area (Å²) in [7, 11) is 0. The van der Waals surface area contributed by atoms with Crippen molar-refractivity contribution in [1.82, 2.24) is 19.5 Å². The number of hydrogen-bond acceptors (Lipinski definition) is 6. The first-order valence-electron chi connectivity index (χ1n) is 8.67. The van der Waals surface area contributed by atoms with Crippen LogP contribution in [-0.2, 0) is 11.3 Å². The number of carbonyl (C=O) groups excluding carboxylic acids is 1. The molecule has 0 atom stereocenters. The quantitative estimate of drug-likeness (QED) is 0.440. The second kappa shape index (κ2) is 8.53. The Morgan fingerprint density at radius 3 is 2.52 bits per heavy atom. The lowest BCUT2D eigenvalue weighted by atomic mass is 10.2.